The van der Waals surface area contributed by atoms with E-state index in [0.29, 0.717) is 42.2 Å². The fourth-order valence-corrected chi connectivity index (χ4v) is 3.69. The van der Waals surface area contributed by atoms with E-state index in [1.165, 1.54) is 10.6 Å². The van der Waals surface area contributed by atoms with Gasteiger partial charge in [0.15, 0.2) is 5.65 Å². The van der Waals surface area contributed by atoms with Crippen LogP contribution in [0.2, 0.25) is 0 Å². The van der Waals surface area contributed by atoms with Crippen LogP contribution in [0.5, 0.6) is 0 Å². The standard InChI is InChI=1S/C21H23N5O4/c1-12-9-17-23-16(10-18(27)26(17)24-12)13(2)22-20(28)15-6-4-5-14-11-25(7-8-30-3)21(29)19(14)15/h4-6,9-10,13,24H,7-8,11H2,1-3H3,(H,22,28)/t13-/m1/s1. The van der Waals surface area contributed by atoms with Crippen molar-refractivity contribution < 1.29 is 14.3 Å². The molecule has 2 aromatic heterocycles. The van der Waals surface area contributed by atoms with Gasteiger partial charge < -0.3 is 15.0 Å². The number of rotatable bonds is 6. The molecule has 1 atom stereocenters. The molecule has 0 bridgehead atoms. The van der Waals surface area contributed by atoms with Crippen molar-refractivity contribution in [3.8, 4) is 0 Å². The van der Waals surface area contributed by atoms with Crippen molar-refractivity contribution in [2.45, 2.75) is 26.4 Å². The summed E-state index contributed by atoms with van der Waals surface area (Å²) in [5, 5.41) is 5.78. The Morgan fingerprint density at radius 3 is 2.90 bits per heavy atom. The Hall–Kier alpha value is -3.46. The molecule has 2 amide bonds. The van der Waals surface area contributed by atoms with E-state index >= 15 is 0 Å². The van der Waals surface area contributed by atoms with Crippen LogP contribution >= 0.6 is 0 Å². The van der Waals surface area contributed by atoms with Crippen LogP contribution in [0, 0.1) is 6.92 Å². The first-order valence-electron chi connectivity index (χ1n) is 9.69. The second-order valence-corrected chi connectivity index (χ2v) is 7.41. The smallest absolute Gasteiger partial charge is 0.272 e. The minimum absolute atomic E-state index is 0.180. The van der Waals surface area contributed by atoms with Gasteiger partial charge in [0.1, 0.15) is 0 Å². The van der Waals surface area contributed by atoms with Crippen LogP contribution in [0.25, 0.3) is 5.65 Å². The zero-order valence-electron chi connectivity index (χ0n) is 17.1. The molecule has 3 heterocycles. The predicted octanol–water partition coefficient (Wildman–Crippen LogP) is 1.42. The molecule has 0 fully saturated rings. The summed E-state index contributed by atoms with van der Waals surface area (Å²) in [4.78, 5) is 44.2. The Labute approximate surface area is 172 Å². The fourth-order valence-electron chi connectivity index (χ4n) is 3.69. The largest absolute Gasteiger partial charge is 0.383 e. The SMILES string of the molecule is COCCN1Cc2cccc(C(=O)N[C@H](C)c3cc(=O)n4[nH]c(C)cc4n3)c2C1=O. The lowest BCUT2D eigenvalue weighted by Gasteiger charge is -2.16. The van der Waals surface area contributed by atoms with Crippen molar-refractivity contribution in [2.24, 2.45) is 0 Å². The third kappa shape index (κ3) is 3.48. The van der Waals surface area contributed by atoms with Crippen LogP contribution < -0.4 is 10.9 Å². The number of amides is 2. The summed E-state index contributed by atoms with van der Waals surface area (Å²) in [6, 6.07) is 7.90. The number of hydrogen-bond acceptors (Lipinski definition) is 5. The van der Waals surface area contributed by atoms with Gasteiger partial charge in [-0.1, -0.05) is 12.1 Å². The second kappa shape index (κ2) is 7.75. The van der Waals surface area contributed by atoms with Gasteiger partial charge in [-0.25, -0.2) is 9.50 Å². The average molecular weight is 409 g/mol. The molecule has 4 rings (SSSR count). The third-order valence-electron chi connectivity index (χ3n) is 5.21. The van der Waals surface area contributed by atoms with Gasteiger partial charge in [-0.15, -0.1) is 0 Å². The summed E-state index contributed by atoms with van der Waals surface area (Å²) in [6.07, 6.45) is 0. The highest BCUT2D eigenvalue weighted by Gasteiger charge is 2.31. The maximum absolute atomic E-state index is 13.0. The Morgan fingerprint density at radius 1 is 1.33 bits per heavy atom. The minimum Gasteiger partial charge on any atom is -0.383 e. The number of methoxy groups -OCH3 is 1. The van der Waals surface area contributed by atoms with Crippen LogP contribution in [-0.4, -0.2) is 51.6 Å². The quantitative estimate of drug-likeness (QED) is 0.640. The van der Waals surface area contributed by atoms with E-state index in [2.05, 4.69) is 15.4 Å². The Kier molecular flexibility index (Phi) is 5.13. The fraction of sp³-hybridized carbons (Fsp3) is 0.333. The maximum Gasteiger partial charge on any atom is 0.272 e. The van der Waals surface area contributed by atoms with Gasteiger partial charge in [-0.05, 0) is 25.5 Å². The molecule has 0 saturated carbocycles. The molecule has 0 radical (unpaired) electrons. The number of H-pyrrole nitrogens is 1. The molecule has 3 aromatic rings. The molecule has 2 N–H and O–H groups in total. The highest BCUT2D eigenvalue weighted by molar-refractivity contribution is 6.09. The lowest BCUT2D eigenvalue weighted by Crippen LogP contribution is -2.31. The van der Waals surface area contributed by atoms with Gasteiger partial charge in [-0.3, -0.25) is 19.5 Å². The predicted molar refractivity (Wildman–Crippen MR) is 109 cm³/mol. The maximum atomic E-state index is 13.0. The highest BCUT2D eigenvalue weighted by atomic mass is 16.5. The molecule has 1 aliphatic heterocycles. The molecular formula is C21H23N5O4. The van der Waals surface area contributed by atoms with E-state index < -0.39 is 6.04 Å². The van der Waals surface area contributed by atoms with E-state index in [-0.39, 0.29) is 17.4 Å². The number of carbonyl (C=O) groups is 2. The first-order chi connectivity index (χ1) is 14.4. The summed E-state index contributed by atoms with van der Waals surface area (Å²) in [7, 11) is 1.58. The summed E-state index contributed by atoms with van der Waals surface area (Å²) in [5.41, 5.74) is 3.05. The molecule has 0 unspecified atom stereocenters. The number of aromatic nitrogens is 3. The van der Waals surface area contributed by atoms with Crippen LogP contribution in [0.1, 0.15) is 50.6 Å². The summed E-state index contributed by atoms with van der Waals surface area (Å²) < 4.78 is 6.41. The number of ether oxygens (including phenoxy) is 1. The number of fused-ring (bicyclic) bond motifs is 2. The van der Waals surface area contributed by atoms with Crippen LogP contribution in [-0.2, 0) is 11.3 Å². The molecular weight excluding hydrogens is 386 g/mol. The van der Waals surface area contributed by atoms with E-state index in [9.17, 15) is 14.4 Å². The molecule has 30 heavy (non-hydrogen) atoms. The van der Waals surface area contributed by atoms with E-state index in [0.717, 1.165) is 11.3 Å². The number of hydrogen-bond donors (Lipinski definition) is 2. The number of aromatic amines is 1. The van der Waals surface area contributed by atoms with Gasteiger partial charge in [0.25, 0.3) is 17.4 Å². The molecule has 1 aliphatic rings. The zero-order valence-corrected chi connectivity index (χ0v) is 17.1. The van der Waals surface area contributed by atoms with Gasteiger partial charge in [0.05, 0.1) is 29.5 Å². The lowest BCUT2D eigenvalue weighted by molar-refractivity contribution is 0.0715. The van der Waals surface area contributed by atoms with Crippen molar-refractivity contribution >= 4 is 17.5 Å². The summed E-state index contributed by atoms with van der Waals surface area (Å²) in [5.74, 6) is -0.561. The highest BCUT2D eigenvalue weighted by Crippen LogP contribution is 2.26. The second-order valence-electron chi connectivity index (χ2n) is 7.41. The Bertz CT molecular complexity index is 1200. The molecule has 1 aromatic carbocycles. The number of carbonyl (C=O) groups excluding carboxylic acids is 2. The topological polar surface area (TPSA) is 109 Å². The zero-order chi connectivity index (χ0) is 21.4. The minimum atomic E-state index is -0.512. The molecule has 9 heteroatoms. The molecule has 0 spiro atoms. The van der Waals surface area contributed by atoms with Crippen molar-refractivity contribution in [2.75, 3.05) is 20.3 Å². The molecule has 0 saturated heterocycles. The number of nitrogens with one attached hydrogen (secondary N) is 2. The van der Waals surface area contributed by atoms with E-state index in [1.54, 1.807) is 37.1 Å². The number of aryl methyl sites for hydroxylation is 1. The van der Waals surface area contributed by atoms with Crippen LogP contribution in [0.15, 0.2) is 35.1 Å². The van der Waals surface area contributed by atoms with Gasteiger partial charge in [-0.2, -0.15) is 0 Å². The van der Waals surface area contributed by atoms with Crippen molar-refractivity contribution in [1.29, 1.82) is 0 Å². The van der Waals surface area contributed by atoms with Crippen LogP contribution in [0.3, 0.4) is 0 Å². The first-order valence-corrected chi connectivity index (χ1v) is 9.69. The van der Waals surface area contributed by atoms with E-state index in [4.69, 9.17) is 4.74 Å². The molecule has 0 aliphatic carbocycles. The lowest BCUT2D eigenvalue weighted by atomic mass is 10.0. The Morgan fingerprint density at radius 2 is 2.13 bits per heavy atom. The van der Waals surface area contributed by atoms with Crippen molar-refractivity contribution in [3.63, 3.8) is 0 Å². The van der Waals surface area contributed by atoms with E-state index in [1.807, 2.05) is 13.0 Å². The average Bonchev–Trinajstić information content (AvgIpc) is 3.25. The van der Waals surface area contributed by atoms with Crippen LogP contribution in [0.4, 0.5) is 0 Å². The normalized spacial score (nSPS) is 14.2. The first kappa shape index (κ1) is 19.8. The third-order valence-corrected chi connectivity index (χ3v) is 5.21. The van der Waals surface area contributed by atoms with Gasteiger partial charge in [0.2, 0.25) is 0 Å². The Balaban J connectivity index is 1.58. The monoisotopic (exact) mass is 409 g/mol. The number of nitrogens with zero attached hydrogens (tertiary/aromatic N) is 3. The molecule has 156 valence electrons. The van der Waals surface area contributed by atoms with Gasteiger partial charge in [0, 0.05) is 38.0 Å². The van der Waals surface area contributed by atoms with Gasteiger partial charge >= 0.3 is 0 Å². The molecule has 9 nitrogen and oxygen atoms in total. The van der Waals surface area contributed by atoms with Crippen molar-refractivity contribution in [1.82, 2.24) is 24.8 Å². The van der Waals surface area contributed by atoms with Crippen molar-refractivity contribution in [3.05, 3.63) is 68.8 Å². The number of benzene rings is 1. The summed E-state index contributed by atoms with van der Waals surface area (Å²) >= 11 is 0. The summed E-state index contributed by atoms with van der Waals surface area (Å²) in [6.45, 7) is 4.94.